The van der Waals surface area contributed by atoms with Crippen LogP contribution in [0.25, 0.3) is 0 Å². The largest absolute Gasteiger partial charge is 0.378 e. The quantitative estimate of drug-likeness (QED) is 0.571. The molecule has 0 spiro atoms. The minimum Gasteiger partial charge on any atom is -0.378 e. The zero-order valence-electron chi connectivity index (χ0n) is 17.0. The van der Waals surface area contributed by atoms with Crippen LogP contribution in [0.3, 0.4) is 0 Å². The van der Waals surface area contributed by atoms with Gasteiger partial charge in [-0.3, -0.25) is 9.89 Å². The first-order valence-corrected chi connectivity index (χ1v) is 10.1. The van der Waals surface area contributed by atoms with Crippen LogP contribution in [0.4, 0.5) is 0 Å². The molecule has 0 aliphatic carbocycles. The first-order valence-electron chi connectivity index (χ1n) is 10.1. The molecule has 0 saturated carbocycles. The molecule has 0 radical (unpaired) electrons. The summed E-state index contributed by atoms with van der Waals surface area (Å²) in [4.78, 5) is 9.26. The smallest absolute Gasteiger partial charge is 0.193 e. The number of nitrogens with zero attached hydrogens (tertiary/aromatic N) is 3. The number of aliphatic imine (C=N–C) groups is 1. The molecule has 1 heterocycles. The monoisotopic (exact) mass is 360 g/mol. The summed E-state index contributed by atoms with van der Waals surface area (Å²) in [6.45, 7) is 13.3. The molecular formula is C21H36N4O. The van der Waals surface area contributed by atoms with E-state index in [1.54, 1.807) is 0 Å². The zero-order valence-corrected chi connectivity index (χ0v) is 17.0. The molecule has 0 aromatic heterocycles. The molecule has 1 N–H and O–H groups in total. The van der Waals surface area contributed by atoms with Crippen molar-refractivity contribution in [3.63, 3.8) is 0 Å². The summed E-state index contributed by atoms with van der Waals surface area (Å²) in [5.74, 6) is 0.995. The highest BCUT2D eigenvalue weighted by Gasteiger charge is 2.21. The molecule has 146 valence electrons. The summed E-state index contributed by atoms with van der Waals surface area (Å²) in [5, 5.41) is 3.53. The van der Waals surface area contributed by atoms with Gasteiger partial charge in [-0.1, -0.05) is 38.1 Å². The molecule has 0 unspecified atom stereocenters. The fraction of sp³-hybridized carbons (Fsp3) is 0.667. The molecule has 0 amide bonds. The molecule has 0 atom stereocenters. The van der Waals surface area contributed by atoms with Gasteiger partial charge in [0.1, 0.15) is 0 Å². The Kier molecular flexibility index (Phi) is 8.92. The third-order valence-electron chi connectivity index (χ3n) is 5.10. The number of nitrogens with one attached hydrogen (secondary N) is 1. The summed E-state index contributed by atoms with van der Waals surface area (Å²) < 4.78 is 5.75. The van der Waals surface area contributed by atoms with Crippen molar-refractivity contribution in [3.05, 3.63) is 35.4 Å². The second-order valence-corrected chi connectivity index (χ2v) is 6.82. The van der Waals surface area contributed by atoms with Crippen LogP contribution >= 0.6 is 0 Å². The van der Waals surface area contributed by atoms with Crippen molar-refractivity contribution < 1.29 is 4.74 Å². The van der Waals surface area contributed by atoms with Gasteiger partial charge in [0.25, 0.3) is 0 Å². The average molecular weight is 361 g/mol. The van der Waals surface area contributed by atoms with E-state index >= 15 is 0 Å². The number of hydrogen-bond acceptors (Lipinski definition) is 3. The lowest BCUT2D eigenvalue weighted by molar-refractivity contribution is 0.0263. The van der Waals surface area contributed by atoms with Crippen LogP contribution in [0, 0.1) is 0 Å². The molecule has 2 rings (SSSR count). The maximum Gasteiger partial charge on any atom is 0.193 e. The second-order valence-electron chi connectivity index (χ2n) is 6.82. The van der Waals surface area contributed by atoms with Gasteiger partial charge < -0.3 is 15.0 Å². The standard InChI is InChI=1S/C21H36N4O/c1-5-24(6-2)17-19-10-8-9-18(15-19)16-23-21(22-4)25-13-11-20(12-14-25)26-7-3/h8-10,15,20H,5-7,11-14,16-17H2,1-4H3,(H,22,23). The van der Waals surface area contributed by atoms with E-state index in [0.29, 0.717) is 6.10 Å². The Morgan fingerprint density at radius 1 is 1.19 bits per heavy atom. The average Bonchev–Trinajstić information content (AvgIpc) is 2.68. The molecular weight excluding hydrogens is 324 g/mol. The predicted molar refractivity (Wildman–Crippen MR) is 109 cm³/mol. The Labute approximate surface area is 159 Å². The lowest BCUT2D eigenvalue weighted by atomic mass is 10.1. The van der Waals surface area contributed by atoms with Gasteiger partial charge in [0.05, 0.1) is 6.10 Å². The highest BCUT2D eigenvalue weighted by Crippen LogP contribution is 2.14. The fourth-order valence-electron chi connectivity index (χ4n) is 3.53. The van der Waals surface area contributed by atoms with Crippen LogP contribution in [0.5, 0.6) is 0 Å². The maximum absolute atomic E-state index is 5.75. The van der Waals surface area contributed by atoms with Crippen LogP contribution in [0.2, 0.25) is 0 Å². The Morgan fingerprint density at radius 3 is 2.50 bits per heavy atom. The SMILES string of the molecule is CCOC1CCN(C(=NC)NCc2cccc(CN(CC)CC)c2)CC1. The highest BCUT2D eigenvalue weighted by molar-refractivity contribution is 5.79. The normalized spacial score (nSPS) is 16.3. The van der Waals surface area contributed by atoms with Crippen molar-refractivity contribution in [2.24, 2.45) is 4.99 Å². The van der Waals surface area contributed by atoms with Crippen molar-refractivity contribution in [2.75, 3.05) is 39.8 Å². The number of benzene rings is 1. The van der Waals surface area contributed by atoms with Gasteiger partial charge in [-0.05, 0) is 44.0 Å². The van der Waals surface area contributed by atoms with Crippen LogP contribution in [-0.4, -0.2) is 61.7 Å². The van der Waals surface area contributed by atoms with Crippen LogP contribution in [0.1, 0.15) is 44.7 Å². The summed E-state index contributed by atoms with van der Waals surface area (Å²) in [7, 11) is 1.87. The van der Waals surface area contributed by atoms with Crippen LogP contribution in [-0.2, 0) is 17.8 Å². The van der Waals surface area contributed by atoms with Gasteiger partial charge >= 0.3 is 0 Å². The minimum absolute atomic E-state index is 0.408. The maximum atomic E-state index is 5.75. The van der Waals surface area contributed by atoms with Crippen molar-refractivity contribution in [1.29, 1.82) is 0 Å². The first kappa shape index (κ1) is 20.7. The van der Waals surface area contributed by atoms with Crippen molar-refractivity contribution in [3.8, 4) is 0 Å². The Hall–Kier alpha value is -1.59. The van der Waals surface area contributed by atoms with Crippen molar-refractivity contribution in [1.82, 2.24) is 15.1 Å². The predicted octanol–water partition coefficient (Wildman–Crippen LogP) is 3.10. The molecule has 0 bridgehead atoms. The fourth-order valence-corrected chi connectivity index (χ4v) is 3.53. The van der Waals surface area contributed by atoms with E-state index in [1.807, 2.05) is 7.05 Å². The lowest BCUT2D eigenvalue weighted by Gasteiger charge is -2.34. The molecule has 1 saturated heterocycles. The number of guanidine groups is 1. The van der Waals surface area contributed by atoms with Crippen LogP contribution < -0.4 is 5.32 Å². The van der Waals surface area contributed by atoms with E-state index in [1.165, 1.54) is 11.1 Å². The summed E-state index contributed by atoms with van der Waals surface area (Å²) >= 11 is 0. The van der Waals surface area contributed by atoms with Gasteiger partial charge in [-0.25, -0.2) is 0 Å². The number of hydrogen-bond donors (Lipinski definition) is 1. The molecule has 1 aliphatic heterocycles. The van der Waals surface area contributed by atoms with Crippen LogP contribution in [0.15, 0.2) is 29.3 Å². The first-order chi connectivity index (χ1) is 12.7. The van der Waals surface area contributed by atoms with E-state index in [2.05, 4.69) is 65.1 Å². The minimum atomic E-state index is 0.408. The molecule has 26 heavy (non-hydrogen) atoms. The van der Waals surface area contributed by atoms with E-state index in [4.69, 9.17) is 4.74 Å². The molecule has 5 heteroatoms. The van der Waals surface area contributed by atoms with Gasteiger partial charge in [0.15, 0.2) is 5.96 Å². The summed E-state index contributed by atoms with van der Waals surface area (Å²) in [6, 6.07) is 8.87. The molecule has 1 aromatic carbocycles. The number of likely N-dealkylation sites (tertiary alicyclic amines) is 1. The van der Waals surface area contributed by atoms with Crippen molar-refractivity contribution in [2.45, 2.75) is 52.8 Å². The third-order valence-corrected chi connectivity index (χ3v) is 5.10. The number of rotatable bonds is 8. The molecule has 1 aromatic rings. The van der Waals surface area contributed by atoms with Gasteiger partial charge in [0, 0.05) is 39.8 Å². The lowest BCUT2D eigenvalue weighted by Crippen LogP contribution is -2.46. The number of piperidine rings is 1. The van der Waals surface area contributed by atoms with E-state index < -0.39 is 0 Å². The van der Waals surface area contributed by atoms with Gasteiger partial charge in [-0.2, -0.15) is 0 Å². The van der Waals surface area contributed by atoms with E-state index in [9.17, 15) is 0 Å². The second kappa shape index (κ2) is 11.2. The third kappa shape index (κ3) is 6.29. The Bertz CT molecular complexity index is 549. The van der Waals surface area contributed by atoms with Gasteiger partial charge in [-0.15, -0.1) is 0 Å². The van der Waals surface area contributed by atoms with Gasteiger partial charge in [0.2, 0.25) is 0 Å². The van der Waals surface area contributed by atoms with E-state index in [0.717, 1.165) is 64.7 Å². The molecule has 1 aliphatic rings. The van der Waals surface area contributed by atoms with E-state index in [-0.39, 0.29) is 0 Å². The van der Waals surface area contributed by atoms with Crippen molar-refractivity contribution >= 4 is 5.96 Å². The Balaban J connectivity index is 1.87. The zero-order chi connectivity index (χ0) is 18.8. The summed E-state index contributed by atoms with van der Waals surface area (Å²) in [6.07, 6.45) is 2.56. The highest BCUT2D eigenvalue weighted by atomic mass is 16.5. The number of ether oxygens (including phenoxy) is 1. The topological polar surface area (TPSA) is 40.1 Å². The molecule has 5 nitrogen and oxygen atoms in total. The molecule has 1 fully saturated rings. The summed E-state index contributed by atoms with van der Waals surface area (Å²) in [5.41, 5.74) is 2.68. The Morgan fingerprint density at radius 2 is 1.88 bits per heavy atom.